The Morgan fingerprint density at radius 3 is 2.48 bits per heavy atom. The molecule has 2 N–H and O–H groups in total. The number of likely N-dealkylation sites (N-methyl/N-ethyl adjacent to an activating group) is 1. The van der Waals surface area contributed by atoms with Crippen LogP contribution in [0, 0.1) is 5.82 Å². The molecule has 11 heteroatoms. The molecule has 7 nitrogen and oxygen atoms in total. The summed E-state index contributed by atoms with van der Waals surface area (Å²) in [7, 11) is 11.8. The zero-order chi connectivity index (χ0) is 21.3. The van der Waals surface area contributed by atoms with Crippen LogP contribution >= 0.6 is 18.8 Å². The number of rotatable bonds is 2. The number of halogens is 3. The zero-order valence-corrected chi connectivity index (χ0v) is 19.6. The molecule has 2 atom stereocenters. The van der Waals surface area contributed by atoms with Gasteiger partial charge >= 0.3 is 41.3 Å². The monoisotopic (exact) mass is 628 g/mol. The van der Waals surface area contributed by atoms with Gasteiger partial charge in [-0.3, -0.25) is 0 Å². The minimum absolute atomic E-state index is 0.117. The zero-order valence-electron chi connectivity index (χ0n) is 15.8. The summed E-state index contributed by atoms with van der Waals surface area (Å²) in [6.45, 7) is 5.22. The Kier molecular flexibility index (Phi) is 7.33. The van der Waals surface area contributed by atoms with Crippen molar-refractivity contribution in [2.45, 2.75) is 19.1 Å². The average molecular weight is 629 g/mol. The molecule has 3 aliphatic rings. The first-order valence-corrected chi connectivity index (χ1v) is 14.6. The molecular weight excluding hydrogens is 607 g/mol. The molecule has 0 amide bonds. The van der Waals surface area contributed by atoms with E-state index >= 15 is 4.39 Å². The summed E-state index contributed by atoms with van der Waals surface area (Å²) in [5.74, 6) is -1.32. The molecule has 0 radical (unpaired) electrons. The molecule has 0 aliphatic carbocycles. The topological polar surface area (TPSA) is 76.5 Å². The molecule has 29 heavy (non-hydrogen) atoms. The first-order valence-electron chi connectivity index (χ1n) is 8.96. The van der Waals surface area contributed by atoms with Crippen LogP contribution in [0.15, 0.2) is 17.8 Å². The quantitative estimate of drug-likeness (QED) is 0.522. The number of nitrogens with zero attached hydrogens (tertiary/aromatic N) is 3. The number of carbonyl (C=O) groups is 1. The van der Waals surface area contributed by atoms with Crippen molar-refractivity contribution >= 4 is 36.2 Å². The normalized spacial score (nSPS) is 23.6. The molecule has 3 heterocycles. The Morgan fingerprint density at radius 1 is 1.28 bits per heavy atom. The predicted molar refractivity (Wildman–Crippen MR) is 106 cm³/mol. The molecule has 3 aliphatic heterocycles. The Morgan fingerprint density at radius 2 is 1.90 bits per heavy atom. The van der Waals surface area contributed by atoms with Crippen molar-refractivity contribution < 1.29 is 40.6 Å². The number of piperazine rings is 1. The molecule has 0 aromatic heterocycles. The second-order valence-corrected chi connectivity index (χ2v) is 10.5. The molecule has 1 aromatic carbocycles. The van der Waals surface area contributed by atoms with Gasteiger partial charge in [-0.25, -0.2) is 9.18 Å². The van der Waals surface area contributed by atoms with Gasteiger partial charge in [-0.15, -0.1) is 0 Å². The van der Waals surface area contributed by atoms with E-state index in [0.29, 0.717) is 36.8 Å². The Balaban J connectivity index is 0.000000755. The van der Waals surface area contributed by atoms with E-state index in [4.69, 9.17) is 23.6 Å². The number of carboxylic acids is 1. The van der Waals surface area contributed by atoms with Crippen molar-refractivity contribution in [3.8, 4) is 5.75 Å². The van der Waals surface area contributed by atoms with Crippen molar-refractivity contribution in [3.63, 3.8) is 0 Å². The van der Waals surface area contributed by atoms with Gasteiger partial charge in [0.2, 0.25) is 0 Å². The van der Waals surface area contributed by atoms with Crippen LogP contribution in [0.4, 0.5) is 15.8 Å². The predicted octanol–water partition coefficient (Wildman–Crippen LogP) is 2.56. The number of carboxylic acid groups (broad SMARTS) is 1. The van der Waals surface area contributed by atoms with Gasteiger partial charge in [0.1, 0.15) is 18.4 Å². The van der Waals surface area contributed by atoms with E-state index in [1.165, 1.54) is 12.3 Å². The molecule has 0 spiro atoms. The number of aliphatic hydroxyl groups is 1. The summed E-state index contributed by atoms with van der Waals surface area (Å²) in [6, 6.07) is 1.13. The maximum absolute atomic E-state index is 15.0. The SMILES string of the molecule is CC1COc2c(N3CCN(C)CC3)c(F)cc3c2N1C=C(C(=O)O)C3O.[Cl][Pt][Cl]. The fourth-order valence-corrected chi connectivity index (χ4v) is 3.82. The van der Waals surface area contributed by atoms with Gasteiger partial charge in [0.25, 0.3) is 0 Å². The van der Waals surface area contributed by atoms with E-state index < -0.39 is 34.4 Å². The summed E-state index contributed by atoms with van der Waals surface area (Å²) in [4.78, 5) is 17.4. The van der Waals surface area contributed by atoms with E-state index in [1.807, 2.05) is 18.9 Å². The second kappa shape index (κ2) is 9.39. The fraction of sp³-hybridized carbons (Fsp3) is 0.500. The van der Waals surface area contributed by atoms with Crippen LogP contribution in [0.2, 0.25) is 0 Å². The van der Waals surface area contributed by atoms with Crippen LogP contribution in [0.1, 0.15) is 18.6 Å². The summed E-state index contributed by atoms with van der Waals surface area (Å²) < 4.78 is 20.9. The Bertz CT molecular complexity index is 821. The molecule has 1 fully saturated rings. The number of aliphatic hydroxyl groups excluding tert-OH is 1. The van der Waals surface area contributed by atoms with Crippen molar-refractivity contribution in [3.05, 3.63) is 29.2 Å². The minimum atomic E-state index is -1.39. The molecule has 1 aromatic rings. The maximum atomic E-state index is 15.0. The third kappa shape index (κ3) is 4.37. The summed E-state index contributed by atoms with van der Waals surface area (Å²) in [5, 5.41) is 19.9. The Hall–Kier alpha value is -1.05. The van der Waals surface area contributed by atoms with E-state index in [2.05, 4.69) is 4.90 Å². The third-order valence-electron chi connectivity index (χ3n) is 5.35. The number of hydrogen-bond donors (Lipinski definition) is 2. The van der Waals surface area contributed by atoms with Gasteiger partial charge in [-0.2, -0.15) is 0 Å². The van der Waals surface area contributed by atoms with Crippen LogP contribution in [-0.2, 0) is 21.3 Å². The van der Waals surface area contributed by atoms with Crippen LogP contribution < -0.4 is 14.5 Å². The van der Waals surface area contributed by atoms with Gasteiger partial charge in [-0.1, -0.05) is 0 Å². The van der Waals surface area contributed by atoms with E-state index in [0.717, 1.165) is 13.1 Å². The first kappa shape index (κ1) is 22.6. The third-order valence-corrected chi connectivity index (χ3v) is 5.35. The van der Waals surface area contributed by atoms with Crippen LogP contribution in [0.25, 0.3) is 0 Å². The molecule has 0 bridgehead atoms. The fourth-order valence-electron chi connectivity index (χ4n) is 3.82. The molecular formula is C18H22Cl2FN3O4Pt. The van der Waals surface area contributed by atoms with Gasteiger partial charge in [0.05, 0.1) is 17.3 Å². The summed E-state index contributed by atoms with van der Waals surface area (Å²) >= 11 is -0.472. The van der Waals surface area contributed by atoms with Gasteiger partial charge < -0.3 is 29.6 Å². The van der Waals surface area contributed by atoms with E-state index in [1.54, 1.807) is 4.90 Å². The van der Waals surface area contributed by atoms with E-state index in [-0.39, 0.29) is 17.2 Å². The molecule has 4 rings (SSSR count). The standard InChI is InChI=1S/C18H22FN3O4.2ClH.Pt/c1-10-9-26-17-14-11(16(23)12(18(24)25)8-22(10)14)7-13(19)15(17)21-5-3-20(2)4-6-21;;;/h7-8,10,16,23H,3-6,9H2,1-2H3,(H,24,25);2*1H;/q;;;+2/p-2. The average Bonchev–Trinajstić information content (AvgIpc) is 2.67. The number of ether oxygens (including phenoxy) is 1. The number of hydrogen-bond acceptors (Lipinski definition) is 6. The van der Waals surface area contributed by atoms with Crippen molar-refractivity contribution in [2.75, 3.05) is 49.6 Å². The van der Waals surface area contributed by atoms with Crippen molar-refractivity contribution in [1.82, 2.24) is 4.90 Å². The van der Waals surface area contributed by atoms with Crippen LogP contribution in [0.5, 0.6) is 5.75 Å². The molecule has 164 valence electrons. The van der Waals surface area contributed by atoms with Gasteiger partial charge in [0.15, 0.2) is 11.6 Å². The number of aliphatic carboxylic acids is 1. The second-order valence-electron chi connectivity index (χ2n) is 7.17. The molecule has 0 saturated carbocycles. The van der Waals surface area contributed by atoms with Crippen molar-refractivity contribution in [2.24, 2.45) is 0 Å². The van der Waals surface area contributed by atoms with E-state index in [9.17, 15) is 15.0 Å². The molecule has 2 unspecified atom stereocenters. The summed E-state index contributed by atoms with van der Waals surface area (Å²) in [6.07, 6.45) is 0.0555. The first-order chi connectivity index (χ1) is 13.8. The summed E-state index contributed by atoms with van der Waals surface area (Å²) in [5.41, 5.74) is 1.04. The van der Waals surface area contributed by atoms with Crippen LogP contribution in [0.3, 0.4) is 0 Å². The van der Waals surface area contributed by atoms with Gasteiger partial charge in [0, 0.05) is 37.9 Å². The van der Waals surface area contributed by atoms with Crippen molar-refractivity contribution in [1.29, 1.82) is 0 Å². The number of benzene rings is 1. The van der Waals surface area contributed by atoms with Gasteiger partial charge in [-0.05, 0) is 20.0 Å². The van der Waals surface area contributed by atoms with Crippen LogP contribution in [-0.4, -0.2) is 67.0 Å². The number of anilines is 2. The molecule has 1 saturated heterocycles. The Labute approximate surface area is 185 Å².